The number of benzene rings is 1. The van der Waals surface area contributed by atoms with Crippen molar-refractivity contribution in [1.29, 1.82) is 0 Å². The molecule has 1 N–H and O–H groups in total. The summed E-state index contributed by atoms with van der Waals surface area (Å²) in [5.41, 5.74) is 0.487. The third kappa shape index (κ3) is 3.44. The minimum absolute atomic E-state index is 0.101. The van der Waals surface area contributed by atoms with Gasteiger partial charge >= 0.3 is 0 Å². The van der Waals surface area contributed by atoms with Gasteiger partial charge in [-0.1, -0.05) is 17.7 Å². The average molecular weight is 329 g/mol. The van der Waals surface area contributed by atoms with Crippen LogP contribution >= 0.6 is 11.6 Å². The molecular formula is C13H13ClN2O4S. The zero-order valence-electron chi connectivity index (χ0n) is 11.3. The van der Waals surface area contributed by atoms with E-state index in [2.05, 4.69) is 5.32 Å². The standard InChI is InChI=1S/C13H13ClN2O4S/c1-16(2)21(18,19)12-7-6-11(20-12)13(17)15-10-5-3-4-9(14)8-10/h3-8H,1-2H3,(H,15,17). The second-order valence-corrected chi connectivity index (χ2v) is 6.89. The number of carbonyl (C=O) groups is 1. The summed E-state index contributed by atoms with van der Waals surface area (Å²) >= 11 is 5.81. The molecule has 0 unspecified atom stereocenters. The zero-order chi connectivity index (χ0) is 15.6. The van der Waals surface area contributed by atoms with E-state index in [1.807, 2.05) is 0 Å². The van der Waals surface area contributed by atoms with Crippen LogP contribution in [0.2, 0.25) is 5.02 Å². The van der Waals surface area contributed by atoms with Gasteiger partial charge in [0.25, 0.3) is 15.9 Å². The van der Waals surface area contributed by atoms with E-state index in [0.717, 1.165) is 4.31 Å². The quantitative estimate of drug-likeness (QED) is 0.934. The highest BCUT2D eigenvalue weighted by Gasteiger charge is 2.23. The van der Waals surface area contributed by atoms with Crippen molar-refractivity contribution in [2.75, 3.05) is 19.4 Å². The Morgan fingerprint density at radius 1 is 1.24 bits per heavy atom. The lowest BCUT2D eigenvalue weighted by molar-refractivity contribution is 0.0991. The van der Waals surface area contributed by atoms with Crippen LogP contribution in [0.5, 0.6) is 0 Å². The second-order valence-electron chi connectivity index (χ2n) is 4.37. The number of hydrogen-bond acceptors (Lipinski definition) is 4. The van der Waals surface area contributed by atoms with Gasteiger partial charge in [0.1, 0.15) is 0 Å². The Morgan fingerprint density at radius 2 is 1.95 bits per heavy atom. The Morgan fingerprint density at radius 3 is 2.57 bits per heavy atom. The van der Waals surface area contributed by atoms with E-state index in [9.17, 15) is 13.2 Å². The maximum absolute atomic E-state index is 12.0. The molecule has 0 spiro atoms. The first-order chi connectivity index (χ1) is 9.80. The second kappa shape index (κ2) is 5.88. The first-order valence-electron chi connectivity index (χ1n) is 5.90. The third-order valence-corrected chi connectivity index (χ3v) is 4.55. The molecule has 1 amide bonds. The molecule has 1 aromatic heterocycles. The van der Waals surface area contributed by atoms with Crippen molar-refractivity contribution in [3.05, 3.63) is 47.2 Å². The minimum Gasteiger partial charge on any atom is -0.438 e. The van der Waals surface area contributed by atoms with Crippen molar-refractivity contribution < 1.29 is 17.6 Å². The number of amides is 1. The topological polar surface area (TPSA) is 79.6 Å². The van der Waals surface area contributed by atoms with E-state index >= 15 is 0 Å². The van der Waals surface area contributed by atoms with Crippen LogP contribution in [-0.2, 0) is 10.0 Å². The normalized spacial score (nSPS) is 11.6. The molecule has 1 heterocycles. The first-order valence-corrected chi connectivity index (χ1v) is 7.72. The van der Waals surface area contributed by atoms with Gasteiger partial charge in [-0.15, -0.1) is 0 Å². The summed E-state index contributed by atoms with van der Waals surface area (Å²) in [6.07, 6.45) is 0. The van der Waals surface area contributed by atoms with Crippen LogP contribution in [0.25, 0.3) is 0 Å². The molecule has 2 aromatic rings. The average Bonchev–Trinajstić information content (AvgIpc) is 2.88. The van der Waals surface area contributed by atoms with Gasteiger partial charge in [0.2, 0.25) is 5.09 Å². The fraction of sp³-hybridized carbons (Fsp3) is 0.154. The molecule has 0 atom stereocenters. The van der Waals surface area contributed by atoms with Crippen molar-refractivity contribution in [3.8, 4) is 0 Å². The van der Waals surface area contributed by atoms with E-state index in [0.29, 0.717) is 10.7 Å². The fourth-order valence-corrected chi connectivity index (χ4v) is 2.50. The Hall–Kier alpha value is -1.83. The van der Waals surface area contributed by atoms with Gasteiger partial charge < -0.3 is 9.73 Å². The molecule has 1 aromatic carbocycles. The molecule has 0 aliphatic rings. The predicted molar refractivity (Wildman–Crippen MR) is 79.0 cm³/mol. The van der Waals surface area contributed by atoms with Crippen molar-refractivity contribution in [2.45, 2.75) is 5.09 Å². The molecule has 0 radical (unpaired) electrons. The number of furan rings is 1. The Balaban J connectivity index is 2.20. The van der Waals surface area contributed by atoms with Crippen LogP contribution in [0.1, 0.15) is 10.6 Å². The third-order valence-electron chi connectivity index (χ3n) is 2.62. The summed E-state index contributed by atoms with van der Waals surface area (Å²) in [7, 11) is -0.947. The Bertz CT molecular complexity index is 768. The lowest BCUT2D eigenvalue weighted by Gasteiger charge is -2.07. The summed E-state index contributed by atoms with van der Waals surface area (Å²) in [6.45, 7) is 0. The zero-order valence-corrected chi connectivity index (χ0v) is 12.9. The van der Waals surface area contributed by atoms with Gasteiger partial charge in [-0.25, -0.2) is 12.7 Å². The number of sulfonamides is 1. The van der Waals surface area contributed by atoms with E-state index < -0.39 is 15.9 Å². The summed E-state index contributed by atoms with van der Waals surface area (Å²) in [5, 5.41) is 2.75. The highest BCUT2D eigenvalue weighted by Crippen LogP contribution is 2.19. The highest BCUT2D eigenvalue weighted by molar-refractivity contribution is 7.88. The first kappa shape index (κ1) is 15.6. The minimum atomic E-state index is -3.70. The van der Waals surface area contributed by atoms with Gasteiger partial charge in [-0.05, 0) is 30.3 Å². The molecule has 21 heavy (non-hydrogen) atoms. The summed E-state index contributed by atoms with van der Waals surface area (Å²) in [6, 6.07) is 9.12. The molecular weight excluding hydrogens is 316 g/mol. The van der Waals surface area contributed by atoms with Crippen LogP contribution in [0.15, 0.2) is 45.9 Å². The van der Waals surface area contributed by atoms with Crippen molar-refractivity contribution >= 4 is 33.2 Å². The highest BCUT2D eigenvalue weighted by atomic mass is 35.5. The number of nitrogens with one attached hydrogen (secondary N) is 1. The van der Waals surface area contributed by atoms with Gasteiger partial charge in [0.05, 0.1) is 0 Å². The molecule has 8 heteroatoms. The number of rotatable bonds is 4. The van der Waals surface area contributed by atoms with Crippen LogP contribution in [0.3, 0.4) is 0 Å². The predicted octanol–water partition coefficient (Wildman–Crippen LogP) is 2.44. The van der Waals surface area contributed by atoms with Crippen molar-refractivity contribution in [3.63, 3.8) is 0 Å². The van der Waals surface area contributed by atoms with Crippen LogP contribution < -0.4 is 5.32 Å². The van der Waals surface area contributed by atoms with Gasteiger partial charge in [-0.3, -0.25) is 4.79 Å². The molecule has 0 aliphatic carbocycles. The van der Waals surface area contributed by atoms with Gasteiger partial charge in [-0.2, -0.15) is 0 Å². The molecule has 6 nitrogen and oxygen atoms in total. The SMILES string of the molecule is CN(C)S(=O)(=O)c1ccc(C(=O)Nc2cccc(Cl)c2)o1. The molecule has 0 saturated carbocycles. The van der Waals surface area contributed by atoms with E-state index in [1.54, 1.807) is 24.3 Å². The number of anilines is 1. The van der Waals surface area contributed by atoms with E-state index in [1.165, 1.54) is 26.2 Å². The fourth-order valence-electron chi connectivity index (χ4n) is 1.52. The lowest BCUT2D eigenvalue weighted by Crippen LogP contribution is -2.21. The van der Waals surface area contributed by atoms with Crippen LogP contribution in [0, 0.1) is 0 Å². The van der Waals surface area contributed by atoms with E-state index in [-0.39, 0.29) is 10.9 Å². The van der Waals surface area contributed by atoms with Crippen LogP contribution in [0.4, 0.5) is 5.69 Å². The lowest BCUT2D eigenvalue weighted by atomic mass is 10.3. The maximum Gasteiger partial charge on any atom is 0.291 e. The smallest absolute Gasteiger partial charge is 0.291 e. The largest absolute Gasteiger partial charge is 0.438 e. The number of carbonyl (C=O) groups excluding carboxylic acids is 1. The maximum atomic E-state index is 12.0. The molecule has 0 bridgehead atoms. The van der Waals surface area contributed by atoms with Gasteiger partial charge in [0, 0.05) is 24.8 Å². The number of hydrogen-bond donors (Lipinski definition) is 1. The summed E-state index contributed by atoms with van der Waals surface area (Å²) in [5.74, 6) is -0.659. The molecule has 0 fully saturated rings. The van der Waals surface area contributed by atoms with E-state index in [4.69, 9.17) is 16.0 Å². The van der Waals surface area contributed by atoms with Crippen LogP contribution in [-0.4, -0.2) is 32.7 Å². The van der Waals surface area contributed by atoms with Crippen molar-refractivity contribution in [2.24, 2.45) is 0 Å². The summed E-state index contributed by atoms with van der Waals surface area (Å²) < 4.78 is 29.8. The molecule has 2 rings (SSSR count). The molecule has 0 aliphatic heterocycles. The number of halogens is 1. The Kier molecular flexibility index (Phi) is 4.36. The summed E-state index contributed by atoms with van der Waals surface area (Å²) in [4.78, 5) is 12.0. The van der Waals surface area contributed by atoms with Gasteiger partial charge in [0.15, 0.2) is 5.76 Å². The molecule has 112 valence electrons. The number of nitrogens with zero attached hydrogens (tertiary/aromatic N) is 1. The monoisotopic (exact) mass is 328 g/mol. The molecule has 0 saturated heterocycles. The van der Waals surface area contributed by atoms with Crippen molar-refractivity contribution in [1.82, 2.24) is 4.31 Å². The Labute approximate surface area is 127 Å².